The van der Waals surface area contributed by atoms with Gasteiger partial charge in [0.1, 0.15) is 0 Å². The fourth-order valence-corrected chi connectivity index (χ4v) is 4.53. The second kappa shape index (κ2) is 4.15. The summed E-state index contributed by atoms with van der Waals surface area (Å²) in [6.45, 7) is 9.53. The zero-order chi connectivity index (χ0) is 13.8. The van der Waals surface area contributed by atoms with Gasteiger partial charge in [0.15, 0.2) is 0 Å². The fraction of sp³-hybridized carbons (Fsp3) is 0.647. The highest BCUT2D eigenvalue weighted by Crippen LogP contribution is 2.65. The van der Waals surface area contributed by atoms with Crippen LogP contribution in [0, 0.1) is 23.7 Å². The lowest BCUT2D eigenvalue weighted by Crippen LogP contribution is -2.40. The Morgan fingerprint density at radius 2 is 2.00 bits per heavy atom. The Hall–Kier alpha value is -0.690. The Bertz CT molecular complexity index is 508. The lowest BCUT2D eigenvalue weighted by Gasteiger charge is -2.40. The number of halogens is 1. The predicted octanol–water partition coefficient (Wildman–Crippen LogP) is 5.28. The third kappa shape index (κ3) is 1.81. The topological polar surface area (TPSA) is 12.0 Å². The van der Waals surface area contributed by atoms with Gasteiger partial charge in [-0.15, -0.1) is 0 Å². The van der Waals surface area contributed by atoms with E-state index in [4.69, 9.17) is 11.6 Å². The molecule has 2 bridgehead atoms. The van der Waals surface area contributed by atoms with Crippen molar-refractivity contribution in [3.63, 3.8) is 0 Å². The molecule has 1 N–H and O–H groups in total. The second-order valence-corrected chi connectivity index (χ2v) is 7.70. The van der Waals surface area contributed by atoms with Gasteiger partial charge < -0.3 is 5.32 Å². The summed E-state index contributed by atoms with van der Waals surface area (Å²) in [5.74, 6) is 0.870. The van der Waals surface area contributed by atoms with Gasteiger partial charge >= 0.3 is 0 Å². The molecule has 1 aromatic carbocycles. The van der Waals surface area contributed by atoms with Crippen molar-refractivity contribution in [2.24, 2.45) is 16.7 Å². The van der Waals surface area contributed by atoms with Crippen LogP contribution in [0.25, 0.3) is 0 Å². The average Bonchev–Trinajstić information content (AvgIpc) is 2.67. The summed E-state index contributed by atoms with van der Waals surface area (Å²) < 4.78 is 0. The Kier molecular flexibility index (Phi) is 2.91. The van der Waals surface area contributed by atoms with Crippen LogP contribution < -0.4 is 5.32 Å². The summed E-state index contributed by atoms with van der Waals surface area (Å²) in [6.07, 6.45) is 4.05. The summed E-state index contributed by atoms with van der Waals surface area (Å²) in [5.41, 5.74) is 3.36. The first-order chi connectivity index (χ1) is 8.84. The average molecular weight is 278 g/mol. The lowest BCUT2D eigenvalue weighted by atomic mass is 9.69. The van der Waals surface area contributed by atoms with Gasteiger partial charge in [0.05, 0.1) is 0 Å². The minimum absolute atomic E-state index is 0.409. The fourth-order valence-electron chi connectivity index (χ4n) is 4.36. The number of anilines is 1. The molecule has 1 nitrogen and oxygen atoms in total. The monoisotopic (exact) mass is 277 g/mol. The molecule has 2 aliphatic rings. The van der Waals surface area contributed by atoms with E-state index in [1.165, 1.54) is 30.5 Å². The minimum Gasteiger partial charge on any atom is -0.381 e. The van der Waals surface area contributed by atoms with Crippen molar-refractivity contribution in [2.75, 3.05) is 5.32 Å². The van der Waals surface area contributed by atoms with Crippen LogP contribution in [0.2, 0.25) is 5.02 Å². The van der Waals surface area contributed by atoms with E-state index in [2.05, 4.69) is 45.1 Å². The highest BCUT2D eigenvalue weighted by Gasteiger charge is 2.61. The van der Waals surface area contributed by atoms with Crippen LogP contribution in [-0.4, -0.2) is 6.04 Å². The molecule has 2 heteroatoms. The molecule has 104 valence electrons. The first kappa shape index (κ1) is 13.3. The molecule has 19 heavy (non-hydrogen) atoms. The number of rotatable bonds is 2. The highest BCUT2D eigenvalue weighted by atomic mass is 35.5. The van der Waals surface area contributed by atoms with Gasteiger partial charge in [0, 0.05) is 16.8 Å². The van der Waals surface area contributed by atoms with E-state index in [-0.39, 0.29) is 0 Å². The molecule has 0 amide bonds. The molecule has 2 aliphatic carbocycles. The number of hydrogen-bond donors (Lipinski definition) is 1. The normalized spacial score (nSPS) is 35.6. The Labute approximate surface area is 121 Å². The van der Waals surface area contributed by atoms with Crippen LogP contribution in [0.5, 0.6) is 0 Å². The molecule has 0 heterocycles. The Morgan fingerprint density at radius 1 is 1.26 bits per heavy atom. The highest BCUT2D eigenvalue weighted by molar-refractivity contribution is 6.30. The Morgan fingerprint density at radius 3 is 2.58 bits per heavy atom. The van der Waals surface area contributed by atoms with Crippen molar-refractivity contribution in [1.29, 1.82) is 0 Å². The first-order valence-corrected chi connectivity index (χ1v) is 7.75. The van der Waals surface area contributed by atoms with Crippen molar-refractivity contribution >= 4 is 17.3 Å². The predicted molar refractivity (Wildman–Crippen MR) is 82.8 cm³/mol. The molecule has 3 unspecified atom stereocenters. The molecule has 3 atom stereocenters. The SMILES string of the molecule is Cc1ccc(Cl)cc1NC1CC2CCC1(C)C2(C)C. The van der Waals surface area contributed by atoms with E-state index < -0.39 is 0 Å². The van der Waals surface area contributed by atoms with Crippen molar-refractivity contribution < 1.29 is 0 Å². The Balaban J connectivity index is 1.88. The zero-order valence-electron chi connectivity index (χ0n) is 12.4. The molecule has 3 rings (SSSR count). The summed E-state index contributed by atoms with van der Waals surface area (Å²) >= 11 is 6.13. The smallest absolute Gasteiger partial charge is 0.0426 e. The van der Waals surface area contributed by atoms with Crippen LogP contribution in [0.4, 0.5) is 5.69 Å². The number of hydrogen-bond acceptors (Lipinski definition) is 1. The third-order valence-electron chi connectivity index (χ3n) is 6.32. The molecule has 2 fully saturated rings. The van der Waals surface area contributed by atoms with Crippen LogP contribution in [-0.2, 0) is 0 Å². The molecule has 2 saturated carbocycles. The maximum Gasteiger partial charge on any atom is 0.0426 e. The summed E-state index contributed by atoms with van der Waals surface area (Å²) in [6, 6.07) is 6.72. The van der Waals surface area contributed by atoms with Crippen molar-refractivity contribution in [3.05, 3.63) is 28.8 Å². The molecule has 0 saturated heterocycles. The van der Waals surface area contributed by atoms with E-state index in [1.54, 1.807) is 0 Å². The quantitative estimate of drug-likeness (QED) is 0.776. The van der Waals surface area contributed by atoms with E-state index in [9.17, 15) is 0 Å². The van der Waals surface area contributed by atoms with Crippen molar-refractivity contribution in [1.82, 2.24) is 0 Å². The number of fused-ring (bicyclic) bond motifs is 2. The summed E-state index contributed by atoms with van der Waals surface area (Å²) in [4.78, 5) is 0. The minimum atomic E-state index is 0.409. The molecule has 0 spiro atoms. The van der Waals surface area contributed by atoms with Gasteiger partial charge in [-0.05, 0) is 60.6 Å². The molecule has 0 aliphatic heterocycles. The number of aryl methyl sites for hydroxylation is 1. The zero-order valence-corrected chi connectivity index (χ0v) is 13.1. The lowest BCUT2D eigenvalue weighted by molar-refractivity contribution is 0.142. The summed E-state index contributed by atoms with van der Waals surface area (Å²) in [7, 11) is 0. The molecular formula is C17H24ClN. The molecule has 0 radical (unpaired) electrons. The van der Waals surface area contributed by atoms with Crippen LogP contribution in [0.3, 0.4) is 0 Å². The second-order valence-electron chi connectivity index (χ2n) is 7.27. The van der Waals surface area contributed by atoms with Gasteiger partial charge in [-0.3, -0.25) is 0 Å². The maximum absolute atomic E-state index is 6.13. The molecule has 0 aromatic heterocycles. The third-order valence-corrected chi connectivity index (χ3v) is 6.56. The number of benzene rings is 1. The molecular weight excluding hydrogens is 254 g/mol. The standard InChI is InChI=1S/C17H24ClN/c1-11-5-6-13(18)10-14(11)19-15-9-12-7-8-17(15,4)16(12,2)3/h5-6,10,12,15,19H,7-9H2,1-4H3. The van der Waals surface area contributed by atoms with E-state index in [0.717, 1.165) is 10.9 Å². The van der Waals surface area contributed by atoms with Gasteiger partial charge in [0.2, 0.25) is 0 Å². The van der Waals surface area contributed by atoms with Gasteiger partial charge in [-0.2, -0.15) is 0 Å². The molecule has 1 aromatic rings. The van der Waals surface area contributed by atoms with Gasteiger partial charge in [-0.25, -0.2) is 0 Å². The first-order valence-electron chi connectivity index (χ1n) is 7.37. The van der Waals surface area contributed by atoms with E-state index in [1.807, 2.05) is 6.07 Å². The van der Waals surface area contributed by atoms with E-state index >= 15 is 0 Å². The van der Waals surface area contributed by atoms with Gasteiger partial charge in [0.25, 0.3) is 0 Å². The largest absolute Gasteiger partial charge is 0.381 e. The van der Waals surface area contributed by atoms with E-state index in [0.29, 0.717) is 16.9 Å². The van der Waals surface area contributed by atoms with Crippen LogP contribution in [0.1, 0.15) is 45.6 Å². The van der Waals surface area contributed by atoms with Gasteiger partial charge in [-0.1, -0.05) is 38.4 Å². The van der Waals surface area contributed by atoms with Crippen LogP contribution in [0.15, 0.2) is 18.2 Å². The number of nitrogens with one attached hydrogen (secondary N) is 1. The van der Waals surface area contributed by atoms with Crippen molar-refractivity contribution in [3.8, 4) is 0 Å². The maximum atomic E-state index is 6.13. The van der Waals surface area contributed by atoms with Crippen molar-refractivity contribution in [2.45, 2.75) is 53.0 Å². The summed E-state index contributed by atoms with van der Waals surface area (Å²) in [5, 5.41) is 4.61. The van der Waals surface area contributed by atoms with Crippen LogP contribution >= 0.6 is 11.6 Å².